The molecule has 0 bridgehead atoms. The van der Waals surface area contributed by atoms with Gasteiger partial charge in [-0.1, -0.05) is 19.4 Å². The third-order valence-electron chi connectivity index (χ3n) is 4.66. The molecular weight excluding hydrogens is 420 g/mol. The standard InChI is InChI=1S/C26H26N2O5/c1-3-4-16-32-22-14-10-20(11-15-22)26(30)33-23-12-8-19(9-13-23)18-27-28-25(29)21-6-5-7-24(17-21)31-2/h5-15,17-18H,3-4,16H2,1-2H3,(H,28,29)/b27-18-. The van der Waals surface area contributed by atoms with E-state index in [4.69, 9.17) is 14.2 Å². The third kappa shape index (κ3) is 7.21. The Morgan fingerprint density at radius 3 is 2.33 bits per heavy atom. The second kappa shape index (κ2) is 12.0. The third-order valence-corrected chi connectivity index (χ3v) is 4.66. The number of esters is 1. The number of nitrogens with zero attached hydrogens (tertiary/aromatic N) is 1. The van der Waals surface area contributed by atoms with Crippen molar-refractivity contribution in [2.24, 2.45) is 5.10 Å². The predicted molar refractivity (Wildman–Crippen MR) is 126 cm³/mol. The average molecular weight is 447 g/mol. The smallest absolute Gasteiger partial charge is 0.343 e. The highest BCUT2D eigenvalue weighted by Gasteiger charge is 2.09. The van der Waals surface area contributed by atoms with Gasteiger partial charge in [0, 0.05) is 5.56 Å². The number of hydrazone groups is 1. The maximum absolute atomic E-state index is 12.4. The first kappa shape index (κ1) is 23.5. The van der Waals surface area contributed by atoms with Gasteiger partial charge >= 0.3 is 5.97 Å². The zero-order valence-corrected chi connectivity index (χ0v) is 18.6. The van der Waals surface area contributed by atoms with Crippen molar-refractivity contribution in [2.75, 3.05) is 13.7 Å². The molecule has 7 nitrogen and oxygen atoms in total. The number of benzene rings is 3. The van der Waals surface area contributed by atoms with Gasteiger partial charge < -0.3 is 14.2 Å². The lowest BCUT2D eigenvalue weighted by molar-refractivity contribution is 0.0734. The van der Waals surface area contributed by atoms with Crippen molar-refractivity contribution in [1.82, 2.24) is 5.43 Å². The van der Waals surface area contributed by atoms with Crippen LogP contribution in [0.15, 0.2) is 77.9 Å². The molecule has 1 N–H and O–H groups in total. The van der Waals surface area contributed by atoms with Crippen LogP contribution in [-0.2, 0) is 0 Å². The molecule has 33 heavy (non-hydrogen) atoms. The summed E-state index contributed by atoms with van der Waals surface area (Å²) in [5, 5.41) is 3.96. The molecule has 7 heteroatoms. The molecule has 0 aliphatic carbocycles. The summed E-state index contributed by atoms with van der Waals surface area (Å²) in [7, 11) is 1.54. The number of carbonyl (C=O) groups is 2. The molecule has 0 saturated carbocycles. The Kier molecular flexibility index (Phi) is 8.59. The van der Waals surface area contributed by atoms with Crippen LogP contribution in [0.25, 0.3) is 0 Å². The highest BCUT2D eigenvalue weighted by atomic mass is 16.5. The minimum Gasteiger partial charge on any atom is -0.497 e. The van der Waals surface area contributed by atoms with Crippen LogP contribution < -0.4 is 19.6 Å². The largest absolute Gasteiger partial charge is 0.497 e. The van der Waals surface area contributed by atoms with E-state index < -0.39 is 5.97 Å². The van der Waals surface area contributed by atoms with Crippen LogP contribution in [0.1, 0.15) is 46.0 Å². The highest BCUT2D eigenvalue weighted by Crippen LogP contribution is 2.17. The molecule has 3 aromatic carbocycles. The van der Waals surface area contributed by atoms with Gasteiger partial charge in [-0.2, -0.15) is 5.10 Å². The molecule has 0 heterocycles. The number of ether oxygens (including phenoxy) is 3. The van der Waals surface area contributed by atoms with Gasteiger partial charge in [0.2, 0.25) is 0 Å². The van der Waals surface area contributed by atoms with Crippen LogP contribution in [0.3, 0.4) is 0 Å². The molecule has 0 saturated heterocycles. The second-order valence-corrected chi connectivity index (χ2v) is 7.12. The topological polar surface area (TPSA) is 86.2 Å². The Balaban J connectivity index is 1.51. The number of amides is 1. The van der Waals surface area contributed by atoms with E-state index in [0.717, 1.165) is 24.2 Å². The lowest BCUT2D eigenvalue weighted by Crippen LogP contribution is -2.17. The molecule has 3 rings (SSSR count). The molecular formula is C26H26N2O5. The highest BCUT2D eigenvalue weighted by molar-refractivity contribution is 5.95. The van der Waals surface area contributed by atoms with Gasteiger partial charge in [-0.15, -0.1) is 0 Å². The van der Waals surface area contributed by atoms with Gasteiger partial charge in [0.25, 0.3) is 5.91 Å². The van der Waals surface area contributed by atoms with E-state index in [1.807, 2.05) is 0 Å². The first-order valence-corrected chi connectivity index (χ1v) is 10.6. The lowest BCUT2D eigenvalue weighted by atomic mass is 10.2. The van der Waals surface area contributed by atoms with Crippen molar-refractivity contribution < 1.29 is 23.8 Å². The number of nitrogens with one attached hydrogen (secondary N) is 1. The normalized spacial score (nSPS) is 10.6. The van der Waals surface area contributed by atoms with Gasteiger partial charge in [-0.3, -0.25) is 4.79 Å². The fraction of sp³-hybridized carbons (Fsp3) is 0.192. The summed E-state index contributed by atoms with van der Waals surface area (Å²) in [6, 6.07) is 20.4. The minimum absolute atomic E-state index is 0.350. The number of methoxy groups -OCH3 is 1. The minimum atomic E-state index is -0.456. The quantitative estimate of drug-likeness (QED) is 0.158. The summed E-state index contributed by atoms with van der Waals surface area (Å²) < 4.78 is 16.1. The molecule has 0 aliphatic rings. The number of hydrogen-bond acceptors (Lipinski definition) is 6. The molecule has 0 unspecified atom stereocenters. The van der Waals surface area contributed by atoms with E-state index in [0.29, 0.717) is 29.2 Å². The van der Waals surface area contributed by atoms with Crippen LogP contribution in [0, 0.1) is 0 Å². The van der Waals surface area contributed by atoms with Crippen molar-refractivity contribution in [3.63, 3.8) is 0 Å². The summed E-state index contributed by atoms with van der Waals surface area (Å²) in [6.07, 6.45) is 3.55. The predicted octanol–water partition coefficient (Wildman–Crippen LogP) is 4.86. The van der Waals surface area contributed by atoms with Crippen molar-refractivity contribution in [3.05, 3.63) is 89.5 Å². The Labute approximate surface area is 193 Å². The van der Waals surface area contributed by atoms with Crippen molar-refractivity contribution in [2.45, 2.75) is 19.8 Å². The van der Waals surface area contributed by atoms with E-state index in [-0.39, 0.29) is 5.91 Å². The van der Waals surface area contributed by atoms with Crippen LogP contribution in [0.2, 0.25) is 0 Å². The van der Waals surface area contributed by atoms with Crippen molar-refractivity contribution in [3.8, 4) is 17.2 Å². The van der Waals surface area contributed by atoms with Crippen LogP contribution in [0.4, 0.5) is 0 Å². The van der Waals surface area contributed by atoms with Crippen LogP contribution >= 0.6 is 0 Å². The van der Waals surface area contributed by atoms with Crippen molar-refractivity contribution >= 4 is 18.1 Å². The van der Waals surface area contributed by atoms with E-state index in [1.165, 1.54) is 13.3 Å². The van der Waals surface area contributed by atoms with Gasteiger partial charge in [-0.05, 0) is 78.7 Å². The molecule has 170 valence electrons. The second-order valence-electron chi connectivity index (χ2n) is 7.12. The van der Waals surface area contributed by atoms with Gasteiger partial charge in [0.05, 0.1) is 25.5 Å². The van der Waals surface area contributed by atoms with Crippen molar-refractivity contribution in [1.29, 1.82) is 0 Å². The lowest BCUT2D eigenvalue weighted by Gasteiger charge is -2.07. The summed E-state index contributed by atoms with van der Waals surface area (Å²) in [5.74, 6) is 0.913. The van der Waals surface area contributed by atoms with Crippen LogP contribution in [-0.4, -0.2) is 31.8 Å². The summed E-state index contributed by atoms with van der Waals surface area (Å²) in [5.41, 5.74) is 4.07. The molecule has 0 aliphatic heterocycles. The van der Waals surface area contributed by atoms with Crippen LogP contribution in [0.5, 0.6) is 17.2 Å². The molecule has 0 fully saturated rings. The maximum Gasteiger partial charge on any atom is 0.343 e. The number of hydrogen-bond donors (Lipinski definition) is 1. The fourth-order valence-electron chi connectivity index (χ4n) is 2.80. The first-order chi connectivity index (χ1) is 16.1. The maximum atomic E-state index is 12.4. The van der Waals surface area contributed by atoms with E-state index in [9.17, 15) is 9.59 Å². The number of carbonyl (C=O) groups excluding carboxylic acids is 2. The zero-order chi connectivity index (χ0) is 23.5. The van der Waals surface area contributed by atoms with E-state index >= 15 is 0 Å². The Morgan fingerprint density at radius 1 is 0.909 bits per heavy atom. The SMILES string of the molecule is CCCCOc1ccc(C(=O)Oc2ccc(/C=N\NC(=O)c3cccc(OC)c3)cc2)cc1. The number of unbranched alkanes of at least 4 members (excludes halogenated alkanes) is 1. The zero-order valence-electron chi connectivity index (χ0n) is 18.6. The first-order valence-electron chi connectivity index (χ1n) is 10.6. The molecule has 0 radical (unpaired) electrons. The van der Waals surface area contributed by atoms with E-state index in [1.54, 1.807) is 72.8 Å². The number of rotatable bonds is 10. The van der Waals surface area contributed by atoms with Gasteiger partial charge in [0.1, 0.15) is 17.2 Å². The summed E-state index contributed by atoms with van der Waals surface area (Å²) in [4.78, 5) is 24.5. The molecule has 0 atom stereocenters. The molecule has 0 spiro atoms. The monoisotopic (exact) mass is 446 g/mol. The summed E-state index contributed by atoms with van der Waals surface area (Å²) >= 11 is 0. The Hall–Kier alpha value is -4.13. The van der Waals surface area contributed by atoms with Gasteiger partial charge in [-0.25, -0.2) is 10.2 Å². The fourth-order valence-corrected chi connectivity index (χ4v) is 2.80. The molecule has 0 aromatic heterocycles. The Morgan fingerprint density at radius 2 is 1.64 bits per heavy atom. The van der Waals surface area contributed by atoms with Gasteiger partial charge in [0.15, 0.2) is 0 Å². The molecule has 1 amide bonds. The average Bonchev–Trinajstić information content (AvgIpc) is 2.85. The molecule has 3 aromatic rings. The summed E-state index contributed by atoms with van der Waals surface area (Å²) in [6.45, 7) is 2.75. The Bertz CT molecular complexity index is 1090. The van der Waals surface area contributed by atoms with E-state index in [2.05, 4.69) is 17.5 Å².